The number of rotatable bonds is 6. The standard InChI is InChI=1S/C22H23BrN2O3/c1-24(2)13-6-14-25-19(15-7-4-3-5-8-15)18(21(27)22(25)28)20(26)16-9-11-17(23)12-10-16/h3-5,7-12,19,26H,6,13-14H2,1-2H3/b20-18+/t19-/m1/s1. The summed E-state index contributed by atoms with van der Waals surface area (Å²) >= 11 is 3.37. The molecule has 0 radical (unpaired) electrons. The zero-order valence-electron chi connectivity index (χ0n) is 15.9. The van der Waals surface area contributed by atoms with Crippen LogP contribution in [0.1, 0.15) is 23.6 Å². The van der Waals surface area contributed by atoms with Crippen LogP contribution >= 0.6 is 15.9 Å². The normalized spacial score (nSPS) is 18.9. The van der Waals surface area contributed by atoms with Gasteiger partial charge in [0.1, 0.15) is 5.76 Å². The lowest BCUT2D eigenvalue weighted by atomic mass is 9.95. The number of amides is 1. The maximum absolute atomic E-state index is 12.8. The third-order valence-electron chi connectivity index (χ3n) is 4.78. The number of carbonyl (C=O) groups is 2. The third-order valence-corrected chi connectivity index (χ3v) is 5.31. The van der Waals surface area contributed by atoms with E-state index in [0.717, 1.165) is 23.0 Å². The summed E-state index contributed by atoms with van der Waals surface area (Å²) in [5, 5.41) is 10.9. The van der Waals surface area contributed by atoms with E-state index in [1.54, 1.807) is 29.2 Å². The molecule has 0 spiro atoms. The molecule has 0 aromatic heterocycles. The number of nitrogens with zero attached hydrogens (tertiary/aromatic N) is 2. The second-order valence-corrected chi connectivity index (χ2v) is 7.98. The molecule has 0 saturated carbocycles. The summed E-state index contributed by atoms with van der Waals surface area (Å²) in [4.78, 5) is 29.2. The summed E-state index contributed by atoms with van der Waals surface area (Å²) in [6.45, 7) is 1.25. The Kier molecular flexibility index (Phi) is 6.31. The summed E-state index contributed by atoms with van der Waals surface area (Å²) in [5.41, 5.74) is 1.46. The van der Waals surface area contributed by atoms with Crippen molar-refractivity contribution >= 4 is 33.4 Å². The topological polar surface area (TPSA) is 60.9 Å². The van der Waals surface area contributed by atoms with Gasteiger partial charge in [-0.25, -0.2) is 0 Å². The zero-order valence-corrected chi connectivity index (χ0v) is 17.5. The number of halogens is 1. The van der Waals surface area contributed by atoms with Crippen molar-refractivity contribution in [2.45, 2.75) is 12.5 Å². The van der Waals surface area contributed by atoms with Crippen molar-refractivity contribution in [3.63, 3.8) is 0 Å². The minimum absolute atomic E-state index is 0.142. The number of aliphatic hydroxyl groups is 1. The average molecular weight is 443 g/mol. The second kappa shape index (κ2) is 8.71. The number of hydrogen-bond acceptors (Lipinski definition) is 4. The minimum atomic E-state index is -0.640. The molecule has 5 nitrogen and oxygen atoms in total. The molecule has 0 bridgehead atoms. The van der Waals surface area contributed by atoms with Gasteiger partial charge in [0.15, 0.2) is 0 Å². The van der Waals surface area contributed by atoms with E-state index >= 15 is 0 Å². The number of carbonyl (C=O) groups excluding carboxylic acids is 2. The Hall–Kier alpha value is -2.44. The number of benzene rings is 2. The molecule has 1 heterocycles. The number of likely N-dealkylation sites (tertiary alicyclic amines) is 1. The van der Waals surface area contributed by atoms with Gasteiger partial charge in [-0.05, 0) is 44.8 Å². The predicted octanol–water partition coefficient (Wildman–Crippen LogP) is 3.82. The van der Waals surface area contributed by atoms with Gasteiger partial charge in [0.05, 0.1) is 11.6 Å². The highest BCUT2D eigenvalue weighted by Gasteiger charge is 2.45. The first-order chi connectivity index (χ1) is 13.4. The van der Waals surface area contributed by atoms with Crippen LogP contribution in [0, 0.1) is 0 Å². The van der Waals surface area contributed by atoms with Gasteiger partial charge in [-0.15, -0.1) is 0 Å². The third kappa shape index (κ3) is 4.18. The molecule has 1 N–H and O–H groups in total. The molecule has 28 heavy (non-hydrogen) atoms. The van der Waals surface area contributed by atoms with E-state index in [0.29, 0.717) is 12.1 Å². The molecule has 2 aromatic rings. The van der Waals surface area contributed by atoms with E-state index in [1.807, 2.05) is 49.3 Å². The van der Waals surface area contributed by atoms with E-state index in [-0.39, 0.29) is 11.3 Å². The Morgan fingerprint density at radius 1 is 1.07 bits per heavy atom. The van der Waals surface area contributed by atoms with Gasteiger partial charge < -0.3 is 14.9 Å². The lowest BCUT2D eigenvalue weighted by Crippen LogP contribution is -2.32. The number of aliphatic hydroxyl groups excluding tert-OH is 1. The van der Waals surface area contributed by atoms with Gasteiger partial charge >= 0.3 is 0 Å². The fraction of sp³-hybridized carbons (Fsp3) is 0.273. The molecule has 1 amide bonds. The summed E-state index contributed by atoms with van der Waals surface area (Å²) in [6.07, 6.45) is 0.738. The van der Waals surface area contributed by atoms with Crippen LogP contribution < -0.4 is 0 Å². The van der Waals surface area contributed by atoms with Crippen molar-refractivity contribution in [1.82, 2.24) is 9.80 Å². The quantitative estimate of drug-likeness (QED) is 0.419. The lowest BCUT2D eigenvalue weighted by molar-refractivity contribution is -0.139. The molecule has 1 fully saturated rings. The Morgan fingerprint density at radius 3 is 2.32 bits per heavy atom. The first-order valence-corrected chi connectivity index (χ1v) is 9.93. The van der Waals surface area contributed by atoms with Gasteiger partial charge in [0.2, 0.25) is 0 Å². The number of hydrogen-bond donors (Lipinski definition) is 1. The van der Waals surface area contributed by atoms with Crippen molar-refractivity contribution in [1.29, 1.82) is 0 Å². The molecule has 1 aliphatic heterocycles. The minimum Gasteiger partial charge on any atom is -0.507 e. The van der Waals surface area contributed by atoms with Crippen molar-refractivity contribution in [2.75, 3.05) is 27.2 Å². The Bertz CT molecular complexity index is 892. The van der Waals surface area contributed by atoms with Crippen molar-refractivity contribution in [3.8, 4) is 0 Å². The first kappa shape index (κ1) is 20.3. The lowest BCUT2D eigenvalue weighted by Gasteiger charge is -2.26. The van der Waals surface area contributed by atoms with Crippen molar-refractivity contribution < 1.29 is 14.7 Å². The molecule has 3 rings (SSSR count). The van der Waals surface area contributed by atoms with Gasteiger partial charge in [0, 0.05) is 16.6 Å². The molecule has 6 heteroatoms. The Labute approximate surface area is 173 Å². The van der Waals surface area contributed by atoms with E-state index in [2.05, 4.69) is 15.9 Å². The van der Waals surface area contributed by atoms with Gasteiger partial charge in [-0.2, -0.15) is 0 Å². The average Bonchev–Trinajstić information content (AvgIpc) is 2.93. The molecule has 2 aromatic carbocycles. The summed E-state index contributed by atoms with van der Waals surface area (Å²) in [5.74, 6) is -1.35. The van der Waals surface area contributed by atoms with Crippen LogP contribution in [0.2, 0.25) is 0 Å². The SMILES string of the molecule is CN(C)CCCN1C(=O)C(=O)/C(=C(/O)c2ccc(Br)cc2)[C@H]1c1ccccc1. The number of Topliss-reactive ketones (excluding diaryl/α,β-unsaturated/α-hetero) is 1. The summed E-state index contributed by atoms with van der Waals surface area (Å²) < 4.78 is 0.868. The number of ketones is 1. The molecule has 1 aliphatic rings. The van der Waals surface area contributed by atoms with Gasteiger partial charge in [-0.3, -0.25) is 9.59 Å². The predicted molar refractivity (Wildman–Crippen MR) is 113 cm³/mol. The second-order valence-electron chi connectivity index (χ2n) is 7.07. The van der Waals surface area contributed by atoms with E-state index < -0.39 is 17.7 Å². The largest absolute Gasteiger partial charge is 0.507 e. The zero-order chi connectivity index (χ0) is 20.3. The molecule has 0 unspecified atom stereocenters. The molecular formula is C22H23BrN2O3. The van der Waals surface area contributed by atoms with Crippen LogP contribution in [0.5, 0.6) is 0 Å². The van der Waals surface area contributed by atoms with Crippen LogP contribution in [0.25, 0.3) is 5.76 Å². The maximum atomic E-state index is 12.8. The summed E-state index contributed by atoms with van der Waals surface area (Å²) in [7, 11) is 3.94. The molecule has 146 valence electrons. The smallest absolute Gasteiger partial charge is 0.295 e. The molecule has 1 atom stereocenters. The molecule has 0 aliphatic carbocycles. The van der Waals surface area contributed by atoms with Crippen LogP contribution in [-0.4, -0.2) is 53.8 Å². The van der Waals surface area contributed by atoms with Crippen molar-refractivity contribution in [3.05, 3.63) is 75.8 Å². The van der Waals surface area contributed by atoms with Crippen LogP contribution in [0.4, 0.5) is 0 Å². The van der Waals surface area contributed by atoms with Crippen LogP contribution in [0.3, 0.4) is 0 Å². The van der Waals surface area contributed by atoms with E-state index in [1.165, 1.54) is 0 Å². The van der Waals surface area contributed by atoms with Gasteiger partial charge in [-0.1, -0.05) is 58.4 Å². The first-order valence-electron chi connectivity index (χ1n) is 9.14. The van der Waals surface area contributed by atoms with Crippen molar-refractivity contribution in [2.24, 2.45) is 0 Å². The maximum Gasteiger partial charge on any atom is 0.295 e. The summed E-state index contributed by atoms with van der Waals surface area (Å²) in [6, 6.07) is 15.8. The van der Waals surface area contributed by atoms with E-state index in [9.17, 15) is 14.7 Å². The highest BCUT2D eigenvalue weighted by atomic mass is 79.9. The molecular weight excluding hydrogens is 420 g/mol. The highest BCUT2D eigenvalue weighted by Crippen LogP contribution is 2.39. The van der Waals surface area contributed by atoms with Gasteiger partial charge in [0.25, 0.3) is 11.7 Å². The van der Waals surface area contributed by atoms with Crippen LogP contribution in [-0.2, 0) is 9.59 Å². The Morgan fingerprint density at radius 2 is 1.71 bits per heavy atom. The van der Waals surface area contributed by atoms with Crippen LogP contribution in [0.15, 0.2) is 64.6 Å². The fourth-order valence-corrected chi connectivity index (χ4v) is 3.68. The Balaban J connectivity index is 2.06. The fourth-order valence-electron chi connectivity index (χ4n) is 3.41. The monoisotopic (exact) mass is 442 g/mol. The molecule has 1 saturated heterocycles. The van der Waals surface area contributed by atoms with E-state index in [4.69, 9.17) is 0 Å². The highest BCUT2D eigenvalue weighted by molar-refractivity contribution is 9.10.